The Kier molecular flexibility index (Phi) is 8.90. The quantitative estimate of drug-likeness (QED) is 0.540. The minimum Gasteiger partial charge on any atom is -0.354 e. The molecule has 0 saturated heterocycles. The van der Waals surface area contributed by atoms with Crippen LogP contribution in [-0.4, -0.2) is 29.3 Å². The second-order valence-electron chi connectivity index (χ2n) is 7.57. The summed E-state index contributed by atoms with van der Waals surface area (Å²) >= 11 is 3.48. The van der Waals surface area contributed by atoms with Crippen molar-refractivity contribution < 1.29 is 9.59 Å². The number of halogens is 1. The number of rotatable bonds is 9. The summed E-state index contributed by atoms with van der Waals surface area (Å²) in [5, 5.41) is 2.95. The van der Waals surface area contributed by atoms with Crippen molar-refractivity contribution >= 4 is 27.7 Å². The van der Waals surface area contributed by atoms with Crippen LogP contribution in [0, 0.1) is 13.8 Å². The first-order chi connectivity index (χ1) is 13.8. The number of nitrogens with zero attached hydrogens (tertiary/aromatic N) is 1. The molecule has 0 fully saturated rings. The molecule has 0 spiro atoms. The maximum Gasteiger partial charge on any atom is 0.242 e. The molecule has 0 aliphatic rings. The van der Waals surface area contributed by atoms with Crippen LogP contribution >= 0.6 is 15.9 Å². The number of amides is 2. The lowest BCUT2D eigenvalue weighted by Crippen LogP contribution is -2.48. The SMILES string of the molecule is CCCCNC(=O)[C@@H](C)N(Cc1cccc(Br)c1)C(=O)Cc1ccc(C)c(C)c1. The molecule has 0 aliphatic heterocycles. The monoisotopic (exact) mass is 458 g/mol. The lowest BCUT2D eigenvalue weighted by molar-refractivity contribution is -0.140. The highest BCUT2D eigenvalue weighted by Crippen LogP contribution is 2.17. The van der Waals surface area contributed by atoms with Crippen LogP contribution in [0.4, 0.5) is 0 Å². The molecular weight excluding hydrogens is 428 g/mol. The third kappa shape index (κ3) is 7.00. The summed E-state index contributed by atoms with van der Waals surface area (Å²) < 4.78 is 0.955. The summed E-state index contributed by atoms with van der Waals surface area (Å²) in [6.45, 7) is 9.02. The normalized spacial score (nSPS) is 11.8. The van der Waals surface area contributed by atoms with E-state index in [0.29, 0.717) is 13.1 Å². The fraction of sp³-hybridized carbons (Fsp3) is 0.417. The lowest BCUT2D eigenvalue weighted by Gasteiger charge is -2.29. The number of aryl methyl sites for hydroxylation is 2. The molecule has 0 bridgehead atoms. The summed E-state index contributed by atoms with van der Waals surface area (Å²) in [6, 6.07) is 13.4. The van der Waals surface area contributed by atoms with Crippen LogP contribution in [0.1, 0.15) is 48.9 Å². The van der Waals surface area contributed by atoms with E-state index < -0.39 is 6.04 Å². The molecule has 0 aliphatic carbocycles. The molecule has 0 radical (unpaired) electrons. The van der Waals surface area contributed by atoms with E-state index in [2.05, 4.69) is 41.2 Å². The van der Waals surface area contributed by atoms with E-state index in [4.69, 9.17) is 0 Å². The molecule has 1 N–H and O–H groups in total. The maximum atomic E-state index is 13.2. The maximum absolute atomic E-state index is 13.2. The van der Waals surface area contributed by atoms with Crippen molar-refractivity contribution in [1.82, 2.24) is 10.2 Å². The summed E-state index contributed by atoms with van der Waals surface area (Å²) in [5.74, 6) is -0.159. The summed E-state index contributed by atoms with van der Waals surface area (Å²) in [4.78, 5) is 27.5. The van der Waals surface area contributed by atoms with Crippen molar-refractivity contribution in [1.29, 1.82) is 0 Å². The number of hydrogen-bond donors (Lipinski definition) is 1. The molecule has 2 aromatic carbocycles. The molecule has 29 heavy (non-hydrogen) atoms. The molecule has 0 aromatic heterocycles. The van der Waals surface area contributed by atoms with Gasteiger partial charge in [-0.3, -0.25) is 9.59 Å². The van der Waals surface area contributed by atoms with Gasteiger partial charge >= 0.3 is 0 Å². The Labute approximate surface area is 182 Å². The van der Waals surface area contributed by atoms with Gasteiger partial charge in [-0.15, -0.1) is 0 Å². The number of carbonyl (C=O) groups is 2. The van der Waals surface area contributed by atoms with Gasteiger partial charge in [-0.2, -0.15) is 0 Å². The van der Waals surface area contributed by atoms with E-state index in [1.807, 2.05) is 43.3 Å². The van der Waals surface area contributed by atoms with Crippen molar-refractivity contribution in [2.45, 2.75) is 59.5 Å². The number of benzene rings is 2. The second-order valence-corrected chi connectivity index (χ2v) is 8.48. The largest absolute Gasteiger partial charge is 0.354 e. The van der Waals surface area contributed by atoms with Gasteiger partial charge in [-0.1, -0.05) is 59.6 Å². The van der Waals surface area contributed by atoms with E-state index in [1.54, 1.807) is 11.8 Å². The number of hydrogen-bond acceptors (Lipinski definition) is 2. The van der Waals surface area contributed by atoms with Gasteiger partial charge in [0.25, 0.3) is 0 Å². The Morgan fingerprint density at radius 2 is 1.83 bits per heavy atom. The molecular formula is C24H31BrN2O2. The average molecular weight is 459 g/mol. The molecule has 4 nitrogen and oxygen atoms in total. The van der Waals surface area contributed by atoms with E-state index in [1.165, 1.54) is 11.1 Å². The first-order valence-corrected chi connectivity index (χ1v) is 11.0. The highest BCUT2D eigenvalue weighted by molar-refractivity contribution is 9.10. The standard InChI is InChI=1S/C24H31BrN2O2/c1-5-6-12-26-24(29)19(4)27(16-21-8-7-9-22(25)14-21)23(28)15-20-11-10-17(2)18(3)13-20/h7-11,13-14,19H,5-6,12,15-16H2,1-4H3,(H,26,29)/t19-/m1/s1. The third-order valence-electron chi connectivity index (χ3n) is 5.17. The Balaban J connectivity index is 2.20. The van der Waals surface area contributed by atoms with Gasteiger partial charge in [-0.05, 0) is 61.6 Å². The predicted molar refractivity (Wildman–Crippen MR) is 122 cm³/mol. The molecule has 2 rings (SSSR count). The Morgan fingerprint density at radius 3 is 2.48 bits per heavy atom. The molecule has 0 saturated carbocycles. The van der Waals surface area contributed by atoms with Crippen molar-refractivity contribution in [3.63, 3.8) is 0 Å². The van der Waals surface area contributed by atoms with E-state index in [-0.39, 0.29) is 18.2 Å². The summed E-state index contributed by atoms with van der Waals surface area (Å²) in [6.07, 6.45) is 2.23. The topological polar surface area (TPSA) is 49.4 Å². The first-order valence-electron chi connectivity index (χ1n) is 10.2. The smallest absolute Gasteiger partial charge is 0.242 e. The van der Waals surface area contributed by atoms with Gasteiger partial charge in [0.2, 0.25) is 11.8 Å². The molecule has 2 aromatic rings. The fourth-order valence-electron chi connectivity index (χ4n) is 3.14. The molecule has 156 valence electrons. The molecule has 1 atom stereocenters. The predicted octanol–water partition coefficient (Wildman–Crippen LogP) is 4.94. The number of unbranched alkanes of at least 4 members (excludes halogenated alkanes) is 1. The molecule has 2 amide bonds. The van der Waals surface area contributed by atoms with E-state index >= 15 is 0 Å². The Bertz CT molecular complexity index is 851. The molecule has 5 heteroatoms. The number of carbonyl (C=O) groups excluding carboxylic acids is 2. The fourth-order valence-corrected chi connectivity index (χ4v) is 3.59. The second kappa shape index (κ2) is 11.1. The molecule has 0 unspecified atom stereocenters. The Morgan fingerprint density at radius 1 is 1.07 bits per heavy atom. The van der Waals surface area contributed by atoms with Gasteiger partial charge in [0.15, 0.2) is 0 Å². The van der Waals surface area contributed by atoms with E-state index in [0.717, 1.165) is 28.4 Å². The summed E-state index contributed by atoms with van der Waals surface area (Å²) in [5.41, 5.74) is 4.33. The van der Waals surface area contributed by atoms with Crippen LogP contribution in [0.25, 0.3) is 0 Å². The van der Waals surface area contributed by atoms with Crippen LogP contribution in [0.2, 0.25) is 0 Å². The Hall–Kier alpha value is -2.14. The van der Waals surface area contributed by atoms with E-state index in [9.17, 15) is 9.59 Å². The van der Waals surface area contributed by atoms with Crippen molar-refractivity contribution in [3.05, 3.63) is 69.2 Å². The average Bonchev–Trinajstić information content (AvgIpc) is 2.68. The van der Waals surface area contributed by atoms with Crippen LogP contribution in [0.3, 0.4) is 0 Å². The lowest BCUT2D eigenvalue weighted by atomic mass is 10.0. The van der Waals surface area contributed by atoms with Gasteiger partial charge in [0.05, 0.1) is 6.42 Å². The van der Waals surface area contributed by atoms with Crippen LogP contribution in [0.15, 0.2) is 46.9 Å². The van der Waals surface area contributed by atoms with Crippen molar-refractivity contribution in [2.24, 2.45) is 0 Å². The minimum atomic E-state index is -0.537. The van der Waals surface area contributed by atoms with Crippen LogP contribution in [-0.2, 0) is 22.6 Å². The highest BCUT2D eigenvalue weighted by atomic mass is 79.9. The minimum absolute atomic E-state index is 0.0497. The zero-order chi connectivity index (χ0) is 21.4. The van der Waals surface area contributed by atoms with Crippen molar-refractivity contribution in [2.75, 3.05) is 6.54 Å². The highest BCUT2D eigenvalue weighted by Gasteiger charge is 2.26. The molecule has 0 heterocycles. The zero-order valence-corrected chi connectivity index (χ0v) is 19.4. The third-order valence-corrected chi connectivity index (χ3v) is 5.66. The van der Waals surface area contributed by atoms with Crippen LogP contribution < -0.4 is 5.32 Å². The van der Waals surface area contributed by atoms with Gasteiger partial charge < -0.3 is 10.2 Å². The van der Waals surface area contributed by atoms with Gasteiger partial charge in [0.1, 0.15) is 6.04 Å². The van der Waals surface area contributed by atoms with Crippen LogP contribution in [0.5, 0.6) is 0 Å². The number of nitrogens with one attached hydrogen (secondary N) is 1. The zero-order valence-electron chi connectivity index (χ0n) is 17.8. The van der Waals surface area contributed by atoms with Crippen molar-refractivity contribution in [3.8, 4) is 0 Å². The first kappa shape index (κ1) is 23.1. The summed E-state index contributed by atoms with van der Waals surface area (Å²) in [7, 11) is 0. The van der Waals surface area contributed by atoms with Gasteiger partial charge in [0, 0.05) is 17.6 Å². The van der Waals surface area contributed by atoms with Gasteiger partial charge in [-0.25, -0.2) is 0 Å².